The fraction of sp³-hybridized carbons (Fsp3) is 0.286. The Kier molecular flexibility index (Phi) is 5.33. The Bertz CT molecular complexity index is 961. The third-order valence-electron chi connectivity index (χ3n) is 4.53. The lowest BCUT2D eigenvalue weighted by molar-refractivity contribution is 0.0945. The lowest BCUT2D eigenvalue weighted by Crippen LogP contribution is -2.36. The van der Waals surface area contributed by atoms with Crippen LogP contribution in [0.15, 0.2) is 48.7 Å². The molecule has 0 fully saturated rings. The Hall–Kier alpha value is -2.66. The fourth-order valence-corrected chi connectivity index (χ4v) is 3.11. The van der Waals surface area contributed by atoms with Crippen LogP contribution in [-0.2, 0) is 5.41 Å². The minimum atomic E-state index is -0.238. The summed E-state index contributed by atoms with van der Waals surface area (Å²) < 4.78 is 1.76. The van der Waals surface area contributed by atoms with Crippen LogP contribution in [0.1, 0.15) is 41.2 Å². The molecule has 1 aromatic carbocycles. The van der Waals surface area contributed by atoms with E-state index < -0.39 is 0 Å². The summed E-state index contributed by atoms with van der Waals surface area (Å²) in [5.74, 6) is 0.536. The highest BCUT2D eigenvalue weighted by molar-refractivity contribution is 6.30. The molecule has 0 radical (unpaired) electrons. The number of carbonyl (C=O) groups is 1. The first-order valence-corrected chi connectivity index (χ1v) is 9.18. The van der Waals surface area contributed by atoms with Crippen LogP contribution in [0.2, 0.25) is 5.02 Å². The van der Waals surface area contributed by atoms with Crippen molar-refractivity contribution in [2.24, 2.45) is 0 Å². The number of rotatable bonds is 5. The normalized spacial score (nSPS) is 11.4. The van der Waals surface area contributed by atoms with Gasteiger partial charge in [0.15, 0.2) is 5.82 Å². The predicted molar refractivity (Wildman–Crippen MR) is 108 cm³/mol. The lowest BCUT2D eigenvalue weighted by Gasteiger charge is -2.26. The van der Waals surface area contributed by atoms with Crippen molar-refractivity contribution in [1.29, 1.82) is 0 Å². The number of hydrogen-bond acceptors (Lipinski definition) is 3. The molecule has 3 rings (SSSR count). The summed E-state index contributed by atoms with van der Waals surface area (Å²) in [5, 5.41) is 8.09. The molecule has 0 atom stereocenters. The van der Waals surface area contributed by atoms with Crippen molar-refractivity contribution in [2.45, 2.75) is 33.1 Å². The Morgan fingerprint density at radius 2 is 1.96 bits per heavy atom. The predicted octanol–water partition coefficient (Wildman–Crippen LogP) is 4.25. The monoisotopic (exact) mass is 382 g/mol. The van der Waals surface area contributed by atoms with Gasteiger partial charge in [-0.25, -0.2) is 9.67 Å². The number of halogens is 1. The van der Waals surface area contributed by atoms with E-state index in [1.165, 1.54) is 0 Å². The number of amides is 1. The van der Waals surface area contributed by atoms with Crippen molar-refractivity contribution in [3.8, 4) is 5.82 Å². The van der Waals surface area contributed by atoms with Gasteiger partial charge in [0.05, 0.1) is 11.3 Å². The number of aryl methyl sites for hydroxylation is 2. The summed E-state index contributed by atoms with van der Waals surface area (Å²) in [4.78, 5) is 16.9. The molecule has 6 heteroatoms. The highest BCUT2D eigenvalue weighted by atomic mass is 35.5. The summed E-state index contributed by atoms with van der Waals surface area (Å²) in [6.45, 7) is 8.55. The molecule has 0 aliphatic heterocycles. The van der Waals surface area contributed by atoms with Crippen LogP contribution in [0, 0.1) is 13.8 Å². The molecule has 0 saturated heterocycles. The summed E-state index contributed by atoms with van der Waals surface area (Å²) >= 11 is 6.08. The van der Waals surface area contributed by atoms with Crippen molar-refractivity contribution in [2.75, 3.05) is 6.54 Å². The maximum Gasteiger partial charge on any atom is 0.252 e. The van der Waals surface area contributed by atoms with E-state index in [1.807, 2.05) is 44.2 Å². The van der Waals surface area contributed by atoms with Gasteiger partial charge >= 0.3 is 0 Å². The van der Waals surface area contributed by atoms with Crippen LogP contribution >= 0.6 is 11.6 Å². The molecular weight excluding hydrogens is 360 g/mol. The van der Waals surface area contributed by atoms with Crippen LogP contribution in [0.5, 0.6) is 0 Å². The number of aromatic nitrogens is 3. The van der Waals surface area contributed by atoms with E-state index in [1.54, 1.807) is 23.0 Å². The Morgan fingerprint density at radius 1 is 1.19 bits per heavy atom. The molecule has 0 aliphatic carbocycles. The van der Waals surface area contributed by atoms with Gasteiger partial charge in [0.2, 0.25) is 0 Å². The average molecular weight is 383 g/mol. The second-order valence-electron chi connectivity index (χ2n) is 7.32. The topological polar surface area (TPSA) is 59.8 Å². The van der Waals surface area contributed by atoms with Gasteiger partial charge < -0.3 is 5.32 Å². The van der Waals surface area contributed by atoms with E-state index in [2.05, 4.69) is 29.2 Å². The van der Waals surface area contributed by atoms with Crippen LogP contribution in [-0.4, -0.2) is 27.2 Å². The number of pyridine rings is 1. The first kappa shape index (κ1) is 19.1. The van der Waals surface area contributed by atoms with E-state index in [-0.39, 0.29) is 11.3 Å². The smallest absolute Gasteiger partial charge is 0.252 e. The summed E-state index contributed by atoms with van der Waals surface area (Å²) in [6.07, 6.45) is 1.58. The van der Waals surface area contributed by atoms with Crippen molar-refractivity contribution in [3.63, 3.8) is 0 Å². The van der Waals surface area contributed by atoms with E-state index in [4.69, 9.17) is 11.6 Å². The summed E-state index contributed by atoms with van der Waals surface area (Å²) in [5.41, 5.74) is 3.28. The number of benzene rings is 1. The number of nitrogens with zero attached hydrogens (tertiary/aromatic N) is 3. The van der Waals surface area contributed by atoms with E-state index >= 15 is 0 Å². The second-order valence-corrected chi connectivity index (χ2v) is 7.76. The van der Waals surface area contributed by atoms with Crippen LogP contribution < -0.4 is 5.32 Å². The molecule has 140 valence electrons. The number of hydrogen-bond donors (Lipinski definition) is 1. The minimum absolute atomic E-state index is 0.155. The first-order valence-electron chi connectivity index (χ1n) is 8.80. The zero-order chi connectivity index (χ0) is 19.6. The Labute approximate surface area is 164 Å². The SMILES string of the molecule is Cc1cc(C)n(-c2ccc(C(=O)NCC(C)(C)c3cccc(Cl)c3)cn2)n1. The van der Waals surface area contributed by atoms with Crippen molar-refractivity contribution in [1.82, 2.24) is 20.1 Å². The quantitative estimate of drug-likeness (QED) is 0.717. The average Bonchev–Trinajstić information content (AvgIpc) is 2.98. The van der Waals surface area contributed by atoms with Gasteiger partial charge in [0.1, 0.15) is 0 Å². The Morgan fingerprint density at radius 3 is 2.56 bits per heavy atom. The van der Waals surface area contributed by atoms with E-state index in [0.717, 1.165) is 17.0 Å². The second kappa shape index (κ2) is 7.53. The first-order chi connectivity index (χ1) is 12.8. The molecule has 27 heavy (non-hydrogen) atoms. The van der Waals surface area contributed by atoms with E-state index in [9.17, 15) is 4.79 Å². The highest BCUT2D eigenvalue weighted by Crippen LogP contribution is 2.25. The van der Waals surface area contributed by atoms with Crippen molar-refractivity contribution < 1.29 is 4.79 Å². The van der Waals surface area contributed by atoms with Gasteiger partial charge in [-0.1, -0.05) is 37.6 Å². The largest absolute Gasteiger partial charge is 0.351 e. The third kappa shape index (κ3) is 4.37. The molecule has 0 saturated carbocycles. The molecular formula is C21H23ClN4O. The van der Waals surface area contributed by atoms with Crippen molar-refractivity contribution in [3.05, 3.63) is 76.2 Å². The molecule has 0 spiro atoms. The third-order valence-corrected chi connectivity index (χ3v) is 4.77. The highest BCUT2D eigenvalue weighted by Gasteiger charge is 2.22. The van der Waals surface area contributed by atoms with Gasteiger partial charge in [-0.05, 0) is 49.7 Å². The standard InChI is InChI=1S/C21H23ClN4O/c1-14-10-15(2)26(25-14)19-9-8-16(12-23-19)20(27)24-13-21(3,4)17-6-5-7-18(22)11-17/h5-12H,13H2,1-4H3,(H,24,27). The van der Waals surface area contributed by atoms with Gasteiger partial charge in [0.25, 0.3) is 5.91 Å². The lowest BCUT2D eigenvalue weighted by atomic mass is 9.84. The number of nitrogens with one attached hydrogen (secondary N) is 1. The molecule has 1 N–H and O–H groups in total. The maximum atomic E-state index is 12.5. The zero-order valence-corrected chi connectivity index (χ0v) is 16.7. The molecule has 0 unspecified atom stereocenters. The molecule has 0 aliphatic rings. The van der Waals surface area contributed by atoms with Gasteiger partial charge in [-0.15, -0.1) is 0 Å². The van der Waals surface area contributed by atoms with Gasteiger partial charge in [-0.3, -0.25) is 4.79 Å². The molecule has 3 aromatic rings. The zero-order valence-electron chi connectivity index (χ0n) is 16.0. The van der Waals surface area contributed by atoms with Crippen LogP contribution in [0.3, 0.4) is 0 Å². The minimum Gasteiger partial charge on any atom is -0.351 e. The molecule has 0 bridgehead atoms. The van der Waals surface area contributed by atoms with E-state index in [0.29, 0.717) is 22.9 Å². The van der Waals surface area contributed by atoms with Crippen LogP contribution in [0.25, 0.3) is 5.82 Å². The fourth-order valence-electron chi connectivity index (χ4n) is 2.92. The molecule has 2 aromatic heterocycles. The van der Waals surface area contributed by atoms with Crippen molar-refractivity contribution >= 4 is 17.5 Å². The molecule has 5 nitrogen and oxygen atoms in total. The maximum absolute atomic E-state index is 12.5. The molecule has 1 amide bonds. The number of carbonyl (C=O) groups excluding carboxylic acids is 1. The summed E-state index contributed by atoms with van der Waals surface area (Å²) in [6, 6.07) is 13.3. The van der Waals surface area contributed by atoms with Gasteiger partial charge in [-0.2, -0.15) is 5.10 Å². The molecule has 2 heterocycles. The Balaban J connectivity index is 1.68. The summed E-state index contributed by atoms with van der Waals surface area (Å²) in [7, 11) is 0. The van der Waals surface area contributed by atoms with Gasteiger partial charge in [0, 0.05) is 28.9 Å². The van der Waals surface area contributed by atoms with Crippen LogP contribution in [0.4, 0.5) is 0 Å².